The highest BCUT2D eigenvalue weighted by atomic mass is 32.1. The molecule has 1 unspecified atom stereocenters. The molecule has 0 radical (unpaired) electrons. The third-order valence-electron chi connectivity index (χ3n) is 3.02. The second kappa shape index (κ2) is 7.17. The van der Waals surface area contributed by atoms with Crippen LogP contribution in [0, 0.1) is 0 Å². The summed E-state index contributed by atoms with van der Waals surface area (Å²) in [4.78, 5) is 22.0. The molecular weight excluding hydrogens is 284 g/mol. The number of aromatic nitrogens is 2. The molecule has 1 atom stereocenters. The average Bonchev–Trinajstić information content (AvgIpc) is 2.97. The molecule has 2 rings (SSSR count). The molecule has 21 heavy (non-hydrogen) atoms. The molecule has 2 aromatic heterocycles. The zero-order chi connectivity index (χ0) is 15.2. The first-order valence-corrected chi connectivity index (χ1v) is 7.91. The normalized spacial score (nSPS) is 12.0. The molecule has 0 aromatic carbocycles. The largest absolute Gasteiger partial charge is 0.370 e. The molecule has 2 N–H and O–H groups in total. The predicted molar refractivity (Wildman–Crippen MR) is 85.8 cm³/mol. The van der Waals surface area contributed by atoms with Gasteiger partial charge >= 0.3 is 0 Å². The number of thiazole rings is 1. The van der Waals surface area contributed by atoms with Crippen molar-refractivity contribution in [3.05, 3.63) is 40.0 Å². The first-order valence-electron chi connectivity index (χ1n) is 7.09. The number of nitrogens with zero attached hydrogens (tertiary/aromatic N) is 2. The van der Waals surface area contributed by atoms with Gasteiger partial charge in [-0.2, -0.15) is 0 Å². The molecule has 1 amide bonds. The lowest BCUT2D eigenvalue weighted by molar-refractivity contribution is 0.0939. The number of aryl methyl sites for hydroxylation is 1. The minimum Gasteiger partial charge on any atom is -0.370 e. The number of nitrogens with one attached hydrogen (secondary N) is 2. The Balaban J connectivity index is 1.99. The van der Waals surface area contributed by atoms with Gasteiger partial charge in [0.15, 0.2) is 0 Å². The lowest BCUT2D eigenvalue weighted by Gasteiger charge is -2.11. The summed E-state index contributed by atoms with van der Waals surface area (Å²) in [6.45, 7) is 6.84. The van der Waals surface area contributed by atoms with Gasteiger partial charge in [0.25, 0.3) is 5.91 Å². The van der Waals surface area contributed by atoms with Crippen molar-refractivity contribution < 1.29 is 4.79 Å². The van der Waals surface area contributed by atoms with Crippen LogP contribution in [0.1, 0.15) is 47.1 Å². The van der Waals surface area contributed by atoms with Crippen molar-refractivity contribution in [3.63, 3.8) is 0 Å². The van der Waals surface area contributed by atoms with Crippen LogP contribution < -0.4 is 10.6 Å². The van der Waals surface area contributed by atoms with Crippen LogP contribution in [0.15, 0.2) is 24.5 Å². The number of carbonyl (C=O) groups excluding carboxylic acids is 1. The smallest absolute Gasteiger partial charge is 0.253 e. The standard InChI is InChI=1S/C15H20N4OS/c1-4-12-9-18-15(21-12)10(3)19-14(20)11-6-7-13(16-5-2)17-8-11/h6-10H,4-5H2,1-3H3,(H,16,17)(H,19,20). The van der Waals surface area contributed by atoms with Crippen LogP contribution >= 0.6 is 11.3 Å². The van der Waals surface area contributed by atoms with E-state index in [0.717, 1.165) is 23.8 Å². The summed E-state index contributed by atoms with van der Waals surface area (Å²) in [5.41, 5.74) is 0.552. The van der Waals surface area contributed by atoms with Crippen LogP contribution in [0.5, 0.6) is 0 Å². The third kappa shape index (κ3) is 4.01. The Labute approximate surface area is 128 Å². The van der Waals surface area contributed by atoms with E-state index in [2.05, 4.69) is 27.5 Å². The highest BCUT2D eigenvalue weighted by Gasteiger charge is 2.14. The van der Waals surface area contributed by atoms with Crippen LogP contribution in [-0.4, -0.2) is 22.4 Å². The first kappa shape index (κ1) is 15.4. The molecule has 0 fully saturated rings. The fraction of sp³-hybridized carbons (Fsp3) is 0.400. The summed E-state index contributed by atoms with van der Waals surface area (Å²) < 4.78 is 0. The van der Waals surface area contributed by atoms with Gasteiger partial charge in [-0.3, -0.25) is 4.79 Å². The highest BCUT2D eigenvalue weighted by Crippen LogP contribution is 2.20. The third-order valence-corrected chi connectivity index (χ3v) is 4.35. The second-order valence-electron chi connectivity index (χ2n) is 4.68. The monoisotopic (exact) mass is 304 g/mol. The maximum Gasteiger partial charge on any atom is 0.253 e. The Morgan fingerprint density at radius 3 is 2.67 bits per heavy atom. The Kier molecular flexibility index (Phi) is 5.27. The van der Waals surface area contributed by atoms with Gasteiger partial charge in [0.2, 0.25) is 0 Å². The summed E-state index contributed by atoms with van der Waals surface area (Å²) in [5, 5.41) is 6.98. The van der Waals surface area contributed by atoms with E-state index in [1.807, 2.05) is 26.1 Å². The summed E-state index contributed by atoms with van der Waals surface area (Å²) in [7, 11) is 0. The number of amides is 1. The van der Waals surface area contributed by atoms with E-state index in [1.54, 1.807) is 23.6 Å². The van der Waals surface area contributed by atoms with Gasteiger partial charge in [-0.15, -0.1) is 11.3 Å². The molecular formula is C15H20N4OS. The van der Waals surface area contributed by atoms with Crippen molar-refractivity contribution in [1.29, 1.82) is 0 Å². The number of hydrogen-bond acceptors (Lipinski definition) is 5. The zero-order valence-corrected chi connectivity index (χ0v) is 13.3. The van der Waals surface area contributed by atoms with Gasteiger partial charge in [0.1, 0.15) is 10.8 Å². The van der Waals surface area contributed by atoms with E-state index in [-0.39, 0.29) is 11.9 Å². The quantitative estimate of drug-likeness (QED) is 0.861. The lowest BCUT2D eigenvalue weighted by Crippen LogP contribution is -2.26. The summed E-state index contributed by atoms with van der Waals surface area (Å²) >= 11 is 1.64. The fourth-order valence-corrected chi connectivity index (χ4v) is 2.70. The Hall–Kier alpha value is -1.95. The van der Waals surface area contributed by atoms with E-state index in [9.17, 15) is 4.79 Å². The van der Waals surface area contributed by atoms with Crippen LogP contribution in [0.3, 0.4) is 0 Å². The number of carbonyl (C=O) groups is 1. The first-order chi connectivity index (χ1) is 10.1. The number of rotatable bonds is 6. The Morgan fingerprint density at radius 2 is 2.10 bits per heavy atom. The van der Waals surface area contributed by atoms with Crippen LogP contribution in [0.4, 0.5) is 5.82 Å². The summed E-state index contributed by atoms with van der Waals surface area (Å²) in [5.74, 6) is 0.640. The average molecular weight is 304 g/mol. The van der Waals surface area contributed by atoms with Crippen molar-refractivity contribution in [3.8, 4) is 0 Å². The molecule has 6 heteroatoms. The predicted octanol–water partition coefficient (Wildman–Crippen LogP) is 3.02. The molecule has 0 aliphatic rings. The van der Waals surface area contributed by atoms with Crippen LogP contribution in [0.25, 0.3) is 0 Å². The Morgan fingerprint density at radius 1 is 1.29 bits per heavy atom. The summed E-state index contributed by atoms with van der Waals surface area (Å²) in [6, 6.07) is 3.48. The minimum absolute atomic E-state index is 0.101. The molecule has 0 aliphatic carbocycles. The zero-order valence-electron chi connectivity index (χ0n) is 12.5. The van der Waals surface area contributed by atoms with Crippen molar-refractivity contribution in [2.75, 3.05) is 11.9 Å². The molecule has 0 aliphatic heterocycles. The molecule has 2 aromatic rings. The van der Waals surface area contributed by atoms with Gasteiger partial charge in [0.05, 0.1) is 11.6 Å². The lowest BCUT2D eigenvalue weighted by atomic mass is 10.2. The molecule has 0 saturated heterocycles. The van der Waals surface area contributed by atoms with Crippen molar-refractivity contribution in [2.24, 2.45) is 0 Å². The molecule has 112 valence electrons. The van der Waals surface area contributed by atoms with Crippen molar-refractivity contribution in [2.45, 2.75) is 33.2 Å². The van der Waals surface area contributed by atoms with Crippen molar-refractivity contribution in [1.82, 2.24) is 15.3 Å². The van der Waals surface area contributed by atoms with E-state index in [4.69, 9.17) is 0 Å². The maximum atomic E-state index is 12.2. The van der Waals surface area contributed by atoms with Crippen LogP contribution in [0.2, 0.25) is 0 Å². The van der Waals surface area contributed by atoms with E-state index in [0.29, 0.717) is 5.56 Å². The van der Waals surface area contributed by atoms with E-state index >= 15 is 0 Å². The molecule has 0 spiro atoms. The van der Waals surface area contributed by atoms with E-state index < -0.39 is 0 Å². The number of hydrogen-bond donors (Lipinski definition) is 2. The topological polar surface area (TPSA) is 66.9 Å². The highest BCUT2D eigenvalue weighted by molar-refractivity contribution is 7.11. The second-order valence-corrected chi connectivity index (χ2v) is 5.82. The minimum atomic E-state index is -0.133. The van der Waals surface area contributed by atoms with Crippen LogP contribution in [-0.2, 0) is 6.42 Å². The molecule has 0 bridgehead atoms. The molecule has 5 nitrogen and oxygen atoms in total. The molecule has 0 saturated carbocycles. The number of pyridine rings is 1. The van der Waals surface area contributed by atoms with Gasteiger partial charge in [-0.1, -0.05) is 6.92 Å². The fourth-order valence-electron chi connectivity index (χ4n) is 1.84. The van der Waals surface area contributed by atoms with E-state index in [1.165, 1.54) is 4.88 Å². The van der Waals surface area contributed by atoms with Gasteiger partial charge in [0, 0.05) is 23.8 Å². The van der Waals surface area contributed by atoms with Gasteiger partial charge in [-0.25, -0.2) is 9.97 Å². The molecule has 2 heterocycles. The maximum absolute atomic E-state index is 12.2. The van der Waals surface area contributed by atoms with Gasteiger partial charge < -0.3 is 10.6 Å². The number of anilines is 1. The SMILES string of the molecule is CCNc1ccc(C(=O)NC(C)c2ncc(CC)s2)cn1. The Bertz CT molecular complexity index is 594. The van der Waals surface area contributed by atoms with Crippen molar-refractivity contribution >= 4 is 23.1 Å². The summed E-state index contributed by atoms with van der Waals surface area (Å²) in [6.07, 6.45) is 4.42. The van der Waals surface area contributed by atoms with Gasteiger partial charge in [-0.05, 0) is 32.4 Å².